The van der Waals surface area contributed by atoms with Gasteiger partial charge in [0.1, 0.15) is 6.61 Å². The largest absolute Gasteiger partial charge is 0.475 e. The van der Waals surface area contributed by atoms with Crippen LogP contribution in [0.25, 0.3) is 0 Å². The lowest BCUT2D eigenvalue weighted by Crippen LogP contribution is -2.49. The first-order valence-corrected chi connectivity index (χ1v) is 9.62. The van der Waals surface area contributed by atoms with Gasteiger partial charge in [-0.15, -0.1) is 0 Å². The lowest BCUT2D eigenvalue weighted by Gasteiger charge is -2.34. The van der Waals surface area contributed by atoms with Crippen LogP contribution >= 0.6 is 11.6 Å². The Bertz CT molecular complexity index is 764. The number of nitrogens with zero attached hydrogens (tertiary/aromatic N) is 3. The van der Waals surface area contributed by atoms with Gasteiger partial charge in [-0.1, -0.05) is 23.7 Å². The Kier molecular flexibility index (Phi) is 7.47. The van der Waals surface area contributed by atoms with E-state index in [1.54, 1.807) is 25.4 Å². The van der Waals surface area contributed by atoms with E-state index in [2.05, 4.69) is 21.3 Å². The molecule has 2 heterocycles. The summed E-state index contributed by atoms with van der Waals surface area (Å²) >= 11 is 6.05. The van der Waals surface area contributed by atoms with E-state index in [9.17, 15) is 4.79 Å². The minimum Gasteiger partial charge on any atom is -0.475 e. The third kappa shape index (κ3) is 6.09. The van der Waals surface area contributed by atoms with Crippen LogP contribution in [0.1, 0.15) is 5.56 Å². The lowest BCUT2D eigenvalue weighted by atomic mass is 10.2. The number of urea groups is 1. The summed E-state index contributed by atoms with van der Waals surface area (Å²) in [5.74, 6) is 0.504. The third-order valence-electron chi connectivity index (χ3n) is 4.48. The average Bonchev–Trinajstić information content (AvgIpc) is 2.70. The van der Waals surface area contributed by atoms with Crippen LogP contribution in [0, 0.1) is 0 Å². The number of ether oxygens (including phenoxy) is 2. The number of carbonyl (C=O) groups is 1. The van der Waals surface area contributed by atoms with Crippen molar-refractivity contribution < 1.29 is 14.3 Å². The molecule has 0 aliphatic carbocycles. The maximum absolute atomic E-state index is 12.5. The highest BCUT2D eigenvalue weighted by Crippen LogP contribution is 2.15. The van der Waals surface area contributed by atoms with Crippen LogP contribution in [-0.4, -0.2) is 67.3 Å². The Hall–Kier alpha value is -2.35. The molecule has 1 aromatic heterocycles. The molecule has 0 bridgehead atoms. The standard InChI is InChI=1S/C20H25ClN4O3/c1-27-11-12-28-19-6-5-18(14-22-19)23-20(26)25-9-7-24(8-10-25)15-16-3-2-4-17(21)13-16/h2-6,13-14H,7-12,15H2,1H3,(H,23,26). The molecule has 2 amide bonds. The summed E-state index contributed by atoms with van der Waals surface area (Å²) in [4.78, 5) is 20.8. The number of methoxy groups -OCH3 is 1. The number of rotatable bonds is 7. The lowest BCUT2D eigenvalue weighted by molar-refractivity contribution is 0.143. The van der Waals surface area contributed by atoms with Crippen molar-refractivity contribution in [3.8, 4) is 5.88 Å². The average molecular weight is 405 g/mol. The minimum absolute atomic E-state index is 0.114. The SMILES string of the molecule is COCCOc1ccc(NC(=O)N2CCN(Cc3cccc(Cl)c3)CC2)cn1. The summed E-state index contributed by atoms with van der Waals surface area (Å²) in [5, 5.41) is 3.64. The van der Waals surface area contributed by atoms with Crippen molar-refractivity contribution in [2.45, 2.75) is 6.54 Å². The summed E-state index contributed by atoms with van der Waals surface area (Å²) < 4.78 is 10.3. The van der Waals surface area contributed by atoms with Crippen LogP contribution in [0.4, 0.5) is 10.5 Å². The molecule has 0 spiro atoms. The highest BCUT2D eigenvalue weighted by Gasteiger charge is 2.21. The Balaban J connectivity index is 1.43. The van der Waals surface area contributed by atoms with E-state index < -0.39 is 0 Å². The van der Waals surface area contributed by atoms with E-state index in [0.29, 0.717) is 37.9 Å². The molecule has 1 aliphatic rings. The van der Waals surface area contributed by atoms with Gasteiger partial charge in [0.2, 0.25) is 5.88 Å². The van der Waals surface area contributed by atoms with E-state index >= 15 is 0 Å². The summed E-state index contributed by atoms with van der Waals surface area (Å²) in [6, 6.07) is 11.3. The molecule has 7 nitrogen and oxygen atoms in total. The fourth-order valence-electron chi connectivity index (χ4n) is 2.97. The van der Waals surface area contributed by atoms with Gasteiger partial charge in [0, 0.05) is 50.9 Å². The topological polar surface area (TPSA) is 66.9 Å². The van der Waals surface area contributed by atoms with Crippen molar-refractivity contribution >= 4 is 23.3 Å². The zero-order valence-corrected chi connectivity index (χ0v) is 16.7. The molecule has 3 rings (SSSR count). The van der Waals surface area contributed by atoms with Gasteiger partial charge in [-0.05, 0) is 23.8 Å². The van der Waals surface area contributed by atoms with Gasteiger partial charge < -0.3 is 19.7 Å². The number of hydrogen-bond acceptors (Lipinski definition) is 5. The molecule has 28 heavy (non-hydrogen) atoms. The maximum atomic E-state index is 12.5. The monoisotopic (exact) mass is 404 g/mol. The van der Waals surface area contributed by atoms with Gasteiger partial charge in [-0.25, -0.2) is 9.78 Å². The number of amides is 2. The first kappa shape index (κ1) is 20.4. The molecule has 1 aromatic carbocycles. The van der Waals surface area contributed by atoms with Gasteiger partial charge in [0.25, 0.3) is 0 Å². The number of halogens is 1. The van der Waals surface area contributed by atoms with Crippen molar-refractivity contribution in [3.63, 3.8) is 0 Å². The van der Waals surface area contributed by atoms with Gasteiger partial charge in [-0.3, -0.25) is 4.90 Å². The Labute approximate surface area is 170 Å². The van der Waals surface area contributed by atoms with Crippen LogP contribution in [0.15, 0.2) is 42.6 Å². The Morgan fingerprint density at radius 1 is 1.18 bits per heavy atom. The van der Waals surface area contributed by atoms with Crippen LogP contribution in [-0.2, 0) is 11.3 Å². The number of carbonyl (C=O) groups excluding carboxylic acids is 1. The van der Waals surface area contributed by atoms with Crippen molar-refractivity contribution in [3.05, 3.63) is 53.2 Å². The number of anilines is 1. The zero-order chi connectivity index (χ0) is 19.8. The molecule has 0 saturated carbocycles. The molecule has 2 aromatic rings. The quantitative estimate of drug-likeness (QED) is 0.718. The smallest absolute Gasteiger partial charge is 0.321 e. The van der Waals surface area contributed by atoms with Crippen LogP contribution in [0.2, 0.25) is 5.02 Å². The number of piperazine rings is 1. The van der Waals surface area contributed by atoms with Crippen LogP contribution < -0.4 is 10.1 Å². The second kappa shape index (κ2) is 10.3. The number of hydrogen-bond donors (Lipinski definition) is 1. The molecule has 0 radical (unpaired) electrons. The van der Waals surface area contributed by atoms with Gasteiger partial charge in [0.05, 0.1) is 18.5 Å². The number of nitrogens with one attached hydrogen (secondary N) is 1. The molecule has 0 atom stereocenters. The fraction of sp³-hybridized carbons (Fsp3) is 0.400. The zero-order valence-electron chi connectivity index (χ0n) is 15.9. The highest BCUT2D eigenvalue weighted by atomic mass is 35.5. The van der Waals surface area contributed by atoms with Crippen LogP contribution in [0.3, 0.4) is 0 Å². The molecule has 1 N–H and O–H groups in total. The molecule has 150 valence electrons. The first-order valence-electron chi connectivity index (χ1n) is 9.24. The van der Waals surface area contributed by atoms with Crippen molar-refractivity contribution in [1.82, 2.24) is 14.8 Å². The molecule has 0 unspecified atom stereocenters. The fourth-order valence-corrected chi connectivity index (χ4v) is 3.19. The van der Waals surface area contributed by atoms with Gasteiger partial charge in [0.15, 0.2) is 0 Å². The summed E-state index contributed by atoms with van der Waals surface area (Å²) in [5.41, 5.74) is 1.83. The summed E-state index contributed by atoms with van der Waals surface area (Å²) in [6.07, 6.45) is 1.59. The molecule has 8 heteroatoms. The predicted molar refractivity (Wildman–Crippen MR) is 109 cm³/mol. The second-order valence-electron chi connectivity index (χ2n) is 6.55. The number of pyridine rings is 1. The number of aromatic nitrogens is 1. The summed E-state index contributed by atoms with van der Waals surface area (Å²) in [6.45, 7) is 4.79. The molecule has 1 aliphatic heterocycles. The van der Waals surface area contributed by atoms with E-state index in [1.807, 2.05) is 23.1 Å². The van der Waals surface area contributed by atoms with E-state index in [0.717, 1.165) is 24.7 Å². The molecular formula is C20H25ClN4O3. The Morgan fingerprint density at radius 3 is 2.68 bits per heavy atom. The Morgan fingerprint density at radius 2 is 2.00 bits per heavy atom. The van der Waals surface area contributed by atoms with Crippen molar-refractivity contribution in [2.75, 3.05) is 51.8 Å². The van der Waals surface area contributed by atoms with Gasteiger partial charge >= 0.3 is 6.03 Å². The van der Waals surface area contributed by atoms with Crippen LogP contribution in [0.5, 0.6) is 5.88 Å². The third-order valence-corrected chi connectivity index (χ3v) is 4.71. The van der Waals surface area contributed by atoms with E-state index in [-0.39, 0.29) is 6.03 Å². The van der Waals surface area contributed by atoms with Crippen molar-refractivity contribution in [1.29, 1.82) is 0 Å². The molecule has 1 saturated heterocycles. The highest BCUT2D eigenvalue weighted by molar-refractivity contribution is 6.30. The predicted octanol–water partition coefficient (Wildman–Crippen LogP) is 3.11. The second-order valence-corrected chi connectivity index (χ2v) is 6.99. The first-order chi connectivity index (χ1) is 13.6. The van der Waals surface area contributed by atoms with Gasteiger partial charge in [-0.2, -0.15) is 0 Å². The van der Waals surface area contributed by atoms with E-state index in [4.69, 9.17) is 21.1 Å². The molecule has 1 fully saturated rings. The van der Waals surface area contributed by atoms with E-state index in [1.165, 1.54) is 5.56 Å². The summed E-state index contributed by atoms with van der Waals surface area (Å²) in [7, 11) is 1.62. The van der Waals surface area contributed by atoms with Crippen molar-refractivity contribution in [2.24, 2.45) is 0 Å². The molecular weight excluding hydrogens is 380 g/mol. The minimum atomic E-state index is -0.114. The number of benzene rings is 1. The normalized spacial score (nSPS) is 14.7. The maximum Gasteiger partial charge on any atom is 0.321 e.